The van der Waals surface area contributed by atoms with Gasteiger partial charge in [-0.05, 0) is 31.4 Å². The molecule has 1 saturated carbocycles. The number of fused-ring (bicyclic) bond motifs is 1. The van der Waals surface area contributed by atoms with Crippen molar-refractivity contribution >= 4 is 11.0 Å². The van der Waals surface area contributed by atoms with Crippen molar-refractivity contribution in [2.75, 3.05) is 0 Å². The van der Waals surface area contributed by atoms with E-state index < -0.39 is 0 Å². The summed E-state index contributed by atoms with van der Waals surface area (Å²) >= 11 is 0. The van der Waals surface area contributed by atoms with E-state index in [2.05, 4.69) is 35.8 Å². The molecule has 1 aliphatic rings. The number of nitrogens with zero attached hydrogens (tertiary/aromatic N) is 2. The Morgan fingerprint density at radius 2 is 2.00 bits per heavy atom. The molecule has 20 heavy (non-hydrogen) atoms. The summed E-state index contributed by atoms with van der Waals surface area (Å²) in [5.74, 6) is 1.90. The van der Waals surface area contributed by atoms with Crippen LogP contribution in [0.15, 0.2) is 24.3 Å². The molecule has 1 atom stereocenters. The molecule has 2 N–H and O–H groups in total. The van der Waals surface area contributed by atoms with Gasteiger partial charge in [-0.15, -0.1) is 0 Å². The van der Waals surface area contributed by atoms with Gasteiger partial charge in [-0.2, -0.15) is 0 Å². The van der Waals surface area contributed by atoms with Gasteiger partial charge in [0.2, 0.25) is 0 Å². The lowest BCUT2D eigenvalue weighted by atomic mass is 9.88. The molecule has 1 fully saturated rings. The lowest BCUT2D eigenvalue weighted by molar-refractivity contribution is 0.409. The second-order valence-corrected chi connectivity index (χ2v) is 6.07. The number of nitrogens with two attached hydrogens (primary N) is 1. The van der Waals surface area contributed by atoms with E-state index in [-0.39, 0.29) is 6.04 Å². The zero-order chi connectivity index (χ0) is 13.9. The molecular weight excluding hydrogens is 246 g/mol. The first-order valence-electron chi connectivity index (χ1n) is 8.00. The molecule has 3 nitrogen and oxygen atoms in total. The smallest absolute Gasteiger partial charge is 0.113 e. The molecule has 1 unspecified atom stereocenters. The molecule has 0 spiro atoms. The highest BCUT2D eigenvalue weighted by atomic mass is 15.1. The Morgan fingerprint density at radius 3 is 2.75 bits per heavy atom. The van der Waals surface area contributed by atoms with Crippen LogP contribution in [0.1, 0.15) is 57.2 Å². The van der Waals surface area contributed by atoms with Crippen molar-refractivity contribution in [3.8, 4) is 0 Å². The molecular formula is C17H25N3. The molecule has 1 heterocycles. The summed E-state index contributed by atoms with van der Waals surface area (Å²) in [6.07, 6.45) is 7.64. The highest BCUT2D eigenvalue weighted by molar-refractivity contribution is 5.76. The normalized spacial score (nSPS) is 18.5. The van der Waals surface area contributed by atoms with E-state index in [0.717, 1.165) is 18.5 Å². The third-order valence-electron chi connectivity index (χ3n) is 4.60. The van der Waals surface area contributed by atoms with Gasteiger partial charge in [0.05, 0.1) is 11.0 Å². The summed E-state index contributed by atoms with van der Waals surface area (Å²) in [6.45, 7) is 3.05. The molecule has 108 valence electrons. The summed E-state index contributed by atoms with van der Waals surface area (Å²) in [5.41, 5.74) is 8.57. The predicted octanol–water partition coefficient (Wildman–Crippen LogP) is 3.82. The largest absolute Gasteiger partial charge is 0.326 e. The monoisotopic (exact) mass is 271 g/mol. The number of benzene rings is 1. The zero-order valence-electron chi connectivity index (χ0n) is 12.4. The molecule has 0 amide bonds. The maximum absolute atomic E-state index is 6.21. The Kier molecular flexibility index (Phi) is 4.06. The maximum atomic E-state index is 6.21. The highest BCUT2D eigenvalue weighted by Gasteiger charge is 2.22. The van der Waals surface area contributed by atoms with Crippen molar-refractivity contribution in [2.24, 2.45) is 5.73 Å². The van der Waals surface area contributed by atoms with Gasteiger partial charge in [0.1, 0.15) is 5.82 Å². The van der Waals surface area contributed by atoms with Crippen LogP contribution in [0.25, 0.3) is 11.0 Å². The van der Waals surface area contributed by atoms with Crippen LogP contribution in [0, 0.1) is 0 Å². The van der Waals surface area contributed by atoms with Gasteiger partial charge in [-0.25, -0.2) is 4.98 Å². The summed E-state index contributed by atoms with van der Waals surface area (Å²) in [7, 11) is 0. The van der Waals surface area contributed by atoms with Gasteiger partial charge >= 0.3 is 0 Å². The molecule has 0 aliphatic heterocycles. The summed E-state index contributed by atoms with van der Waals surface area (Å²) < 4.78 is 2.39. The van der Waals surface area contributed by atoms with Crippen LogP contribution < -0.4 is 5.73 Å². The van der Waals surface area contributed by atoms with Crippen LogP contribution in [0.3, 0.4) is 0 Å². The third kappa shape index (κ3) is 2.59. The van der Waals surface area contributed by atoms with E-state index in [1.54, 1.807) is 0 Å². The summed E-state index contributed by atoms with van der Waals surface area (Å²) in [5, 5.41) is 0. The van der Waals surface area contributed by atoms with Crippen LogP contribution in [-0.4, -0.2) is 15.6 Å². The number of para-hydroxylation sites is 2. The first-order chi connectivity index (χ1) is 9.79. The number of imidazole rings is 1. The zero-order valence-corrected chi connectivity index (χ0v) is 12.4. The van der Waals surface area contributed by atoms with Crippen molar-refractivity contribution in [1.82, 2.24) is 9.55 Å². The number of hydrogen-bond donors (Lipinski definition) is 1. The minimum atomic E-state index is 0.218. The lowest BCUT2D eigenvalue weighted by Gasteiger charge is -2.23. The summed E-state index contributed by atoms with van der Waals surface area (Å²) in [4.78, 5) is 4.93. The van der Waals surface area contributed by atoms with Gasteiger partial charge in [0.25, 0.3) is 0 Å². The van der Waals surface area contributed by atoms with Crippen molar-refractivity contribution in [1.29, 1.82) is 0 Å². The van der Waals surface area contributed by atoms with Crippen molar-refractivity contribution < 1.29 is 0 Å². The van der Waals surface area contributed by atoms with Crippen LogP contribution >= 0.6 is 0 Å². The first kappa shape index (κ1) is 13.6. The van der Waals surface area contributed by atoms with Crippen molar-refractivity contribution in [3.63, 3.8) is 0 Å². The van der Waals surface area contributed by atoms with Gasteiger partial charge in [-0.1, -0.05) is 38.3 Å². The van der Waals surface area contributed by atoms with E-state index in [1.807, 2.05) is 0 Å². The predicted molar refractivity (Wildman–Crippen MR) is 83.8 cm³/mol. The number of aromatic nitrogens is 2. The fourth-order valence-corrected chi connectivity index (χ4v) is 3.32. The van der Waals surface area contributed by atoms with Crippen LogP contribution in [-0.2, 0) is 6.54 Å². The van der Waals surface area contributed by atoms with Gasteiger partial charge in [0.15, 0.2) is 0 Å². The second kappa shape index (κ2) is 5.96. The molecule has 0 radical (unpaired) electrons. The van der Waals surface area contributed by atoms with E-state index in [9.17, 15) is 0 Å². The minimum absolute atomic E-state index is 0.218. The molecule has 3 rings (SSSR count). The summed E-state index contributed by atoms with van der Waals surface area (Å²) in [6, 6.07) is 8.69. The quantitative estimate of drug-likeness (QED) is 0.918. The molecule has 1 aliphatic carbocycles. The van der Waals surface area contributed by atoms with Crippen LogP contribution in [0.4, 0.5) is 0 Å². The van der Waals surface area contributed by atoms with Gasteiger partial charge in [0, 0.05) is 18.5 Å². The van der Waals surface area contributed by atoms with E-state index >= 15 is 0 Å². The molecule has 1 aromatic heterocycles. The Balaban J connectivity index is 2.02. The van der Waals surface area contributed by atoms with Gasteiger partial charge in [-0.3, -0.25) is 0 Å². The molecule has 3 heteroatoms. The average Bonchev–Trinajstić information content (AvgIpc) is 2.87. The fourth-order valence-electron chi connectivity index (χ4n) is 3.32. The molecule has 1 aromatic carbocycles. The van der Waals surface area contributed by atoms with Crippen LogP contribution in [0.5, 0.6) is 0 Å². The van der Waals surface area contributed by atoms with Crippen molar-refractivity contribution in [2.45, 2.75) is 64.0 Å². The Labute approximate surface area is 121 Å². The first-order valence-corrected chi connectivity index (χ1v) is 8.00. The van der Waals surface area contributed by atoms with Gasteiger partial charge < -0.3 is 10.3 Å². The SMILES string of the molecule is CCC(N)Cn1c(C2CCCCC2)nc2ccccc21. The van der Waals surface area contributed by atoms with E-state index in [4.69, 9.17) is 10.7 Å². The van der Waals surface area contributed by atoms with Crippen LogP contribution in [0.2, 0.25) is 0 Å². The topological polar surface area (TPSA) is 43.8 Å². The second-order valence-electron chi connectivity index (χ2n) is 6.07. The Morgan fingerprint density at radius 1 is 1.25 bits per heavy atom. The third-order valence-corrected chi connectivity index (χ3v) is 4.60. The average molecular weight is 271 g/mol. The number of hydrogen-bond acceptors (Lipinski definition) is 2. The minimum Gasteiger partial charge on any atom is -0.326 e. The fraction of sp³-hybridized carbons (Fsp3) is 0.588. The molecule has 0 bridgehead atoms. The molecule has 2 aromatic rings. The highest BCUT2D eigenvalue weighted by Crippen LogP contribution is 2.34. The Bertz CT molecular complexity index is 567. The standard InChI is InChI=1S/C17H25N3/c1-2-14(18)12-20-16-11-7-6-10-15(16)19-17(20)13-8-4-3-5-9-13/h6-7,10-11,13-14H,2-5,8-9,12,18H2,1H3. The number of rotatable bonds is 4. The van der Waals surface area contributed by atoms with Crippen molar-refractivity contribution in [3.05, 3.63) is 30.1 Å². The maximum Gasteiger partial charge on any atom is 0.113 e. The van der Waals surface area contributed by atoms with E-state index in [0.29, 0.717) is 5.92 Å². The molecule has 0 saturated heterocycles. The Hall–Kier alpha value is -1.35. The lowest BCUT2D eigenvalue weighted by Crippen LogP contribution is -2.27. The van der Waals surface area contributed by atoms with E-state index in [1.165, 1.54) is 43.4 Å².